The van der Waals surface area contributed by atoms with Gasteiger partial charge < -0.3 is 9.88 Å². The number of pyridine rings is 1. The molecule has 0 saturated carbocycles. The smallest absolute Gasteiger partial charge is 0.194 e. The highest BCUT2D eigenvalue weighted by atomic mass is 16.1. The van der Waals surface area contributed by atoms with Crippen LogP contribution in [0.2, 0.25) is 0 Å². The van der Waals surface area contributed by atoms with Crippen molar-refractivity contribution >= 4 is 10.9 Å². The van der Waals surface area contributed by atoms with Crippen molar-refractivity contribution in [2.75, 3.05) is 27.2 Å². The number of aromatic amines is 1. The number of nitrogens with zero attached hydrogens (tertiary/aromatic N) is 2. The molecule has 0 bridgehead atoms. The molecule has 23 heavy (non-hydrogen) atoms. The zero-order valence-electron chi connectivity index (χ0n) is 14.6. The van der Waals surface area contributed by atoms with Gasteiger partial charge in [0.05, 0.1) is 5.52 Å². The van der Waals surface area contributed by atoms with Crippen LogP contribution in [-0.2, 0) is 6.54 Å². The highest BCUT2D eigenvalue weighted by molar-refractivity contribution is 5.82. The number of aryl methyl sites for hydroxylation is 2. The lowest BCUT2D eigenvalue weighted by Gasteiger charge is -2.35. The van der Waals surface area contributed by atoms with Gasteiger partial charge in [-0.15, -0.1) is 0 Å². The number of piperidine rings is 1. The summed E-state index contributed by atoms with van der Waals surface area (Å²) in [5, 5.41) is 0.808. The Labute approximate surface area is 138 Å². The van der Waals surface area contributed by atoms with Gasteiger partial charge in [0, 0.05) is 29.2 Å². The van der Waals surface area contributed by atoms with Crippen LogP contribution in [0.4, 0.5) is 0 Å². The van der Waals surface area contributed by atoms with Crippen LogP contribution >= 0.6 is 0 Å². The van der Waals surface area contributed by atoms with Crippen LogP contribution in [0.5, 0.6) is 0 Å². The molecule has 0 spiro atoms. The average Bonchev–Trinajstić information content (AvgIpc) is 2.53. The van der Waals surface area contributed by atoms with Gasteiger partial charge >= 0.3 is 0 Å². The van der Waals surface area contributed by atoms with Crippen molar-refractivity contribution in [3.63, 3.8) is 0 Å². The molecule has 0 unspecified atom stereocenters. The second-order valence-corrected chi connectivity index (χ2v) is 7.00. The third-order valence-electron chi connectivity index (χ3n) is 5.28. The van der Waals surface area contributed by atoms with E-state index in [-0.39, 0.29) is 5.43 Å². The minimum atomic E-state index is 0.180. The van der Waals surface area contributed by atoms with E-state index >= 15 is 0 Å². The van der Waals surface area contributed by atoms with Crippen molar-refractivity contribution < 1.29 is 0 Å². The number of hydrogen-bond acceptors (Lipinski definition) is 3. The number of likely N-dealkylation sites (tertiary alicyclic amines) is 1. The van der Waals surface area contributed by atoms with Gasteiger partial charge in [0.2, 0.25) is 0 Å². The Morgan fingerprint density at radius 2 is 1.96 bits per heavy atom. The summed E-state index contributed by atoms with van der Waals surface area (Å²) in [5.74, 6) is 0. The molecule has 1 saturated heterocycles. The maximum absolute atomic E-state index is 12.9. The summed E-state index contributed by atoms with van der Waals surface area (Å²) in [6.45, 7) is 7.06. The van der Waals surface area contributed by atoms with Gasteiger partial charge in [-0.1, -0.05) is 12.1 Å². The molecule has 1 N–H and O–H groups in total. The van der Waals surface area contributed by atoms with E-state index in [0.29, 0.717) is 6.04 Å². The Morgan fingerprint density at radius 3 is 2.65 bits per heavy atom. The van der Waals surface area contributed by atoms with Crippen molar-refractivity contribution in [2.45, 2.75) is 39.3 Å². The third kappa shape index (κ3) is 3.19. The summed E-state index contributed by atoms with van der Waals surface area (Å²) in [7, 11) is 4.33. The van der Waals surface area contributed by atoms with Crippen LogP contribution in [-0.4, -0.2) is 48.0 Å². The van der Waals surface area contributed by atoms with Gasteiger partial charge in [0.15, 0.2) is 5.43 Å². The molecule has 0 amide bonds. The second-order valence-electron chi connectivity index (χ2n) is 7.00. The van der Waals surface area contributed by atoms with Crippen molar-refractivity contribution in [1.82, 2.24) is 14.8 Å². The van der Waals surface area contributed by atoms with Crippen molar-refractivity contribution in [2.24, 2.45) is 0 Å². The molecule has 1 fully saturated rings. The first kappa shape index (κ1) is 16.2. The molecule has 1 aliphatic rings. The minimum Gasteiger partial charge on any atom is -0.358 e. The Balaban J connectivity index is 1.90. The number of rotatable bonds is 3. The highest BCUT2D eigenvalue weighted by Gasteiger charge is 2.22. The summed E-state index contributed by atoms with van der Waals surface area (Å²) in [4.78, 5) is 21.1. The first-order valence-electron chi connectivity index (χ1n) is 8.47. The normalized spacial score (nSPS) is 17.3. The number of aromatic nitrogens is 1. The van der Waals surface area contributed by atoms with Crippen molar-refractivity contribution in [3.05, 3.63) is 45.2 Å². The predicted octanol–water partition coefficient (Wildman–Crippen LogP) is 2.67. The summed E-state index contributed by atoms with van der Waals surface area (Å²) in [6.07, 6.45) is 2.35. The summed E-state index contributed by atoms with van der Waals surface area (Å²) < 4.78 is 0. The lowest BCUT2D eigenvalue weighted by molar-refractivity contribution is 0.139. The molecule has 1 aromatic heterocycles. The standard InChI is InChI=1S/C19H27N3O/c1-13-6-5-7-16-18(13)20-14(2)17(19(16)23)12-22(4)15-8-10-21(3)11-9-15/h5-7,15H,8-12H2,1-4H3,(H,20,23). The lowest BCUT2D eigenvalue weighted by atomic mass is 10.0. The molecule has 2 heterocycles. The summed E-state index contributed by atoms with van der Waals surface area (Å²) in [6, 6.07) is 6.51. The number of fused-ring (bicyclic) bond motifs is 1. The van der Waals surface area contributed by atoms with Gasteiger partial charge in [-0.05, 0) is 65.5 Å². The molecule has 3 rings (SSSR count). The maximum Gasteiger partial charge on any atom is 0.194 e. The molecular weight excluding hydrogens is 286 g/mol. The maximum atomic E-state index is 12.9. The molecule has 1 aliphatic heterocycles. The Bertz CT molecular complexity index is 757. The number of hydrogen-bond donors (Lipinski definition) is 1. The summed E-state index contributed by atoms with van der Waals surface area (Å²) >= 11 is 0. The van der Waals surface area contributed by atoms with Crippen LogP contribution in [0.15, 0.2) is 23.0 Å². The molecule has 4 nitrogen and oxygen atoms in total. The quantitative estimate of drug-likeness (QED) is 0.947. The molecule has 4 heteroatoms. The van der Waals surface area contributed by atoms with E-state index in [1.807, 2.05) is 32.0 Å². The monoisotopic (exact) mass is 313 g/mol. The molecule has 2 aromatic rings. The van der Waals surface area contributed by atoms with Crippen LogP contribution in [0.3, 0.4) is 0 Å². The van der Waals surface area contributed by atoms with Gasteiger partial charge in [-0.2, -0.15) is 0 Å². The minimum absolute atomic E-state index is 0.180. The second kappa shape index (κ2) is 6.46. The number of H-pyrrole nitrogens is 1. The largest absolute Gasteiger partial charge is 0.358 e. The van der Waals surface area contributed by atoms with Crippen LogP contribution in [0, 0.1) is 13.8 Å². The van der Waals surface area contributed by atoms with E-state index in [1.165, 1.54) is 12.8 Å². The van der Waals surface area contributed by atoms with Crippen LogP contribution < -0.4 is 5.43 Å². The highest BCUT2D eigenvalue weighted by Crippen LogP contribution is 2.19. The van der Waals surface area contributed by atoms with E-state index in [9.17, 15) is 4.79 Å². The molecular formula is C19H27N3O. The first-order valence-corrected chi connectivity index (χ1v) is 8.47. The van der Waals surface area contributed by atoms with E-state index in [0.717, 1.165) is 47.4 Å². The molecule has 0 radical (unpaired) electrons. The number of para-hydroxylation sites is 1. The molecule has 1 aromatic carbocycles. The number of benzene rings is 1. The topological polar surface area (TPSA) is 39.3 Å². The van der Waals surface area contributed by atoms with E-state index in [1.54, 1.807) is 0 Å². The Hall–Kier alpha value is -1.65. The zero-order chi connectivity index (χ0) is 16.6. The van der Waals surface area contributed by atoms with Gasteiger partial charge in [-0.3, -0.25) is 9.69 Å². The van der Waals surface area contributed by atoms with E-state index < -0.39 is 0 Å². The molecule has 124 valence electrons. The fourth-order valence-electron chi connectivity index (χ4n) is 3.62. The molecule has 0 aliphatic carbocycles. The van der Waals surface area contributed by atoms with Gasteiger partial charge in [-0.25, -0.2) is 0 Å². The first-order chi connectivity index (χ1) is 11.0. The van der Waals surface area contributed by atoms with Crippen molar-refractivity contribution in [1.29, 1.82) is 0 Å². The predicted molar refractivity (Wildman–Crippen MR) is 96.0 cm³/mol. The Morgan fingerprint density at radius 1 is 1.26 bits per heavy atom. The lowest BCUT2D eigenvalue weighted by Crippen LogP contribution is -2.42. The molecule has 0 atom stereocenters. The fourth-order valence-corrected chi connectivity index (χ4v) is 3.62. The van der Waals surface area contributed by atoms with Crippen LogP contribution in [0.1, 0.15) is 29.7 Å². The summed E-state index contributed by atoms with van der Waals surface area (Å²) in [5.41, 5.74) is 4.18. The SMILES string of the molecule is Cc1[nH]c2c(C)cccc2c(=O)c1CN(C)C1CCN(C)CC1. The zero-order valence-corrected chi connectivity index (χ0v) is 14.6. The average molecular weight is 313 g/mol. The van der Waals surface area contributed by atoms with Crippen LogP contribution in [0.25, 0.3) is 10.9 Å². The number of nitrogens with one attached hydrogen (secondary N) is 1. The van der Waals surface area contributed by atoms with E-state index in [4.69, 9.17) is 0 Å². The van der Waals surface area contributed by atoms with Gasteiger partial charge in [0.25, 0.3) is 0 Å². The fraction of sp³-hybridized carbons (Fsp3) is 0.526. The van der Waals surface area contributed by atoms with Gasteiger partial charge in [0.1, 0.15) is 0 Å². The van der Waals surface area contributed by atoms with E-state index in [2.05, 4.69) is 28.9 Å². The Kier molecular flexibility index (Phi) is 4.55. The third-order valence-corrected chi connectivity index (χ3v) is 5.28. The van der Waals surface area contributed by atoms with Crippen molar-refractivity contribution in [3.8, 4) is 0 Å².